The standard InChI is InChI=1S/C17H26N6O.HI/c1-3-19-17(21-7-5-11-24-4-2)22-13-15-6-8-20-16(12-15)23-10-9-18-14-23;/h6,8-10,12,14H,3-5,7,11,13H2,1-2H3,(H2,19,21,22);1H. The molecule has 2 rings (SSSR count). The first-order valence-electron chi connectivity index (χ1n) is 8.36. The number of nitrogens with one attached hydrogen (secondary N) is 2. The minimum atomic E-state index is 0. The third kappa shape index (κ3) is 7.82. The van der Waals surface area contributed by atoms with E-state index in [2.05, 4.69) is 32.5 Å². The molecule has 0 saturated heterocycles. The first-order chi connectivity index (χ1) is 11.8. The van der Waals surface area contributed by atoms with Crippen LogP contribution in [0.4, 0.5) is 0 Å². The molecule has 25 heavy (non-hydrogen) atoms. The van der Waals surface area contributed by atoms with Crippen molar-refractivity contribution in [1.82, 2.24) is 25.2 Å². The fourth-order valence-corrected chi connectivity index (χ4v) is 2.13. The number of imidazole rings is 1. The topological polar surface area (TPSA) is 76.4 Å². The van der Waals surface area contributed by atoms with Crippen molar-refractivity contribution in [2.24, 2.45) is 4.99 Å². The summed E-state index contributed by atoms with van der Waals surface area (Å²) in [7, 11) is 0. The quantitative estimate of drug-likeness (QED) is 0.261. The van der Waals surface area contributed by atoms with Gasteiger partial charge in [0.25, 0.3) is 0 Å². The molecule has 0 radical (unpaired) electrons. The van der Waals surface area contributed by atoms with Crippen LogP contribution in [0, 0.1) is 0 Å². The summed E-state index contributed by atoms with van der Waals surface area (Å²) in [6.07, 6.45) is 8.10. The summed E-state index contributed by atoms with van der Waals surface area (Å²) in [6, 6.07) is 3.99. The Morgan fingerprint density at radius 1 is 1.28 bits per heavy atom. The number of aromatic nitrogens is 3. The van der Waals surface area contributed by atoms with Crippen LogP contribution >= 0.6 is 24.0 Å². The largest absolute Gasteiger partial charge is 0.382 e. The number of guanidine groups is 1. The van der Waals surface area contributed by atoms with E-state index in [0.717, 1.165) is 50.1 Å². The second-order valence-electron chi connectivity index (χ2n) is 5.16. The van der Waals surface area contributed by atoms with Crippen molar-refractivity contribution in [3.8, 4) is 5.82 Å². The SMILES string of the molecule is CCNC(=NCc1ccnc(-n2ccnc2)c1)NCCCOCC.I. The van der Waals surface area contributed by atoms with Crippen LogP contribution in [0.3, 0.4) is 0 Å². The lowest BCUT2D eigenvalue weighted by Crippen LogP contribution is -2.38. The molecule has 0 aromatic carbocycles. The molecular weight excluding hydrogens is 431 g/mol. The lowest BCUT2D eigenvalue weighted by atomic mass is 10.2. The number of hydrogen-bond donors (Lipinski definition) is 2. The molecule has 8 heteroatoms. The fourth-order valence-electron chi connectivity index (χ4n) is 2.13. The number of ether oxygens (including phenoxy) is 1. The molecule has 0 saturated carbocycles. The highest BCUT2D eigenvalue weighted by molar-refractivity contribution is 14.0. The van der Waals surface area contributed by atoms with Crippen LogP contribution in [0.25, 0.3) is 5.82 Å². The first kappa shape index (κ1) is 21.4. The molecule has 0 spiro atoms. The van der Waals surface area contributed by atoms with Crippen LogP contribution in [0.2, 0.25) is 0 Å². The van der Waals surface area contributed by atoms with E-state index in [1.165, 1.54) is 0 Å². The zero-order valence-electron chi connectivity index (χ0n) is 14.8. The Balaban J connectivity index is 0.00000312. The van der Waals surface area contributed by atoms with Gasteiger partial charge in [-0.25, -0.2) is 15.0 Å². The maximum absolute atomic E-state index is 5.34. The van der Waals surface area contributed by atoms with Crippen molar-refractivity contribution in [2.45, 2.75) is 26.8 Å². The van der Waals surface area contributed by atoms with Crippen molar-refractivity contribution in [1.29, 1.82) is 0 Å². The van der Waals surface area contributed by atoms with Gasteiger partial charge in [0.2, 0.25) is 0 Å². The smallest absolute Gasteiger partial charge is 0.191 e. The maximum atomic E-state index is 5.34. The Morgan fingerprint density at radius 3 is 2.88 bits per heavy atom. The molecule has 0 fully saturated rings. The van der Waals surface area contributed by atoms with Gasteiger partial charge >= 0.3 is 0 Å². The molecular formula is C17H27IN6O. The molecule has 7 nitrogen and oxygen atoms in total. The zero-order valence-corrected chi connectivity index (χ0v) is 17.1. The average Bonchev–Trinajstić information content (AvgIpc) is 3.14. The molecule has 0 aliphatic carbocycles. The van der Waals surface area contributed by atoms with Crippen LogP contribution in [0.1, 0.15) is 25.8 Å². The minimum Gasteiger partial charge on any atom is -0.382 e. The van der Waals surface area contributed by atoms with Crippen LogP contribution in [-0.2, 0) is 11.3 Å². The Bertz CT molecular complexity index is 617. The van der Waals surface area contributed by atoms with Crippen LogP contribution in [-0.4, -0.2) is 46.8 Å². The average molecular weight is 458 g/mol. The predicted octanol–water partition coefficient (Wildman–Crippen LogP) is 2.37. The number of pyridine rings is 1. The van der Waals surface area contributed by atoms with Crippen molar-refractivity contribution >= 4 is 29.9 Å². The first-order valence-corrected chi connectivity index (χ1v) is 8.36. The molecule has 138 valence electrons. The van der Waals surface area contributed by atoms with Crippen molar-refractivity contribution in [3.63, 3.8) is 0 Å². The predicted molar refractivity (Wildman–Crippen MR) is 111 cm³/mol. The Labute approximate surface area is 166 Å². The zero-order chi connectivity index (χ0) is 17.0. The summed E-state index contributed by atoms with van der Waals surface area (Å²) in [5.41, 5.74) is 1.10. The van der Waals surface area contributed by atoms with E-state index in [1.54, 1.807) is 18.7 Å². The Hall–Kier alpha value is -1.68. The summed E-state index contributed by atoms with van der Waals surface area (Å²) in [5.74, 6) is 1.66. The van der Waals surface area contributed by atoms with Gasteiger partial charge in [-0.1, -0.05) is 0 Å². The fraction of sp³-hybridized carbons (Fsp3) is 0.471. The third-order valence-electron chi connectivity index (χ3n) is 3.30. The molecule has 0 aliphatic rings. The number of halogens is 1. The second-order valence-corrected chi connectivity index (χ2v) is 5.16. The minimum absolute atomic E-state index is 0. The van der Waals surface area contributed by atoms with Gasteiger partial charge in [0, 0.05) is 44.9 Å². The number of hydrogen-bond acceptors (Lipinski definition) is 4. The van der Waals surface area contributed by atoms with Crippen molar-refractivity contribution < 1.29 is 4.74 Å². The van der Waals surface area contributed by atoms with E-state index >= 15 is 0 Å². The molecule has 0 atom stereocenters. The van der Waals surface area contributed by atoms with Gasteiger partial charge in [-0.15, -0.1) is 24.0 Å². The normalized spacial score (nSPS) is 11.0. The van der Waals surface area contributed by atoms with Gasteiger partial charge < -0.3 is 15.4 Å². The summed E-state index contributed by atoms with van der Waals surface area (Å²) >= 11 is 0. The molecule has 0 amide bonds. The van der Waals surface area contributed by atoms with E-state index in [4.69, 9.17) is 4.74 Å². The molecule has 2 heterocycles. The van der Waals surface area contributed by atoms with Gasteiger partial charge in [0.05, 0.1) is 6.54 Å². The van der Waals surface area contributed by atoms with Crippen molar-refractivity contribution in [2.75, 3.05) is 26.3 Å². The molecule has 0 aliphatic heterocycles. The number of rotatable bonds is 9. The van der Waals surface area contributed by atoms with E-state index in [9.17, 15) is 0 Å². The Morgan fingerprint density at radius 2 is 2.16 bits per heavy atom. The summed E-state index contributed by atoms with van der Waals surface area (Å²) in [5, 5.41) is 6.57. The lowest BCUT2D eigenvalue weighted by molar-refractivity contribution is 0.145. The maximum Gasteiger partial charge on any atom is 0.191 e. The Kier molecular flexibility index (Phi) is 10.8. The summed E-state index contributed by atoms with van der Waals surface area (Å²) in [6.45, 7) is 7.84. The third-order valence-corrected chi connectivity index (χ3v) is 3.30. The van der Waals surface area contributed by atoms with Crippen LogP contribution in [0.5, 0.6) is 0 Å². The monoisotopic (exact) mass is 458 g/mol. The highest BCUT2D eigenvalue weighted by Crippen LogP contribution is 2.07. The van der Waals surface area contributed by atoms with E-state index in [-0.39, 0.29) is 24.0 Å². The van der Waals surface area contributed by atoms with Gasteiger partial charge in [0.15, 0.2) is 5.96 Å². The lowest BCUT2D eigenvalue weighted by Gasteiger charge is -2.11. The van der Waals surface area contributed by atoms with E-state index in [1.807, 2.05) is 29.8 Å². The number of aliphatic imine (C=N–C) groups is 1. The highest BCUT2D eigenvalue weighted by Gasteiger charge is 2.01. The second kappa shape index (κ2) is 12.6. The van der Waals surface area contributed by atoms with Crippen LogP contribution < -0.4 is 10.6 Å². The number of nitrogens with zero attached hydrogens (tertiary/aromatic N) is 4. The summed E-state index contributed by atoms with van der Waals surface area (Å²) < 4.78 is 7.22. The highest BCUT2D eigenvalue weighted by atomic mass is 127. The van der Waals surface area contributed by atoms with Gasteiger partial charge in [-0.05, 0) is 38.0 Å². The van der Waals surface area contributed by atoms with Gasteiger partial charge in [-0.2, -0.15) is 0 Å². The van der Waals surface area contributed by atoms with Crippen molar-refractivity contribution in [3.05, 3.63) is 42.6 Å². The molecule has 2 aromatic heterocycles. The van der Waals surface area contributed by atoms with Gasteiger partial charge in [-0.3, -0.25) is 4.57 Å². The van der Waals surface area contributed by atoms with E-state index < -0.39 is 0 Å². The molecule has 0 bridgehead atoms. The molecule has 2 aromatic rings. The molecule has 0 unspecified atom stereocenters. The molecule has 2 N–H and O–H groups in total. The van der Waals surface area contributed by atoms with Crippen LogP contribution in [0.15, 0.2) is 42.0 Å². The van der Waals surface area contributed by atoms with E-state index in [0.29, 0.717) is 6.54 Å². The summed E-state index contributed by atoms with van der Waals surface area (Å²) in [4.78, 5) is 13.0. The van der Waals surface area contributed by atoms with Gasteiger partial charge in [0.1, 0.15) is 12.1 Å².